The van der Waals surface area contributed by atoms with Crippen LogP contribution in [0.1, 0.15) is 219 Å². The molecule has 82 heavy (non-hydrogen) atoms. The van der Waals surface area contributed by atoms with Gasteiger partial charge in [0.1, 0.15) is 24.0 Å². The summed E-state index contributed by atoms with van der Waals surface area (Å²) in [5.41, 5.74) is 9.60. The number of pyridine rings is 3. The third-order valence-electron chi connectivity index (χ3n) is 12.7. The number of furan rings is 1. The molecule has 446 valence electrons. The second-order valence-electron chi connectivity index (χ2n) is 28.8. The van der Waals surface area contributed by atoms with Crippen LogP contribution >= 0.6 is 0 Å². The second kappa shape index (κ2) is 32.3. The minimum Gasteiger partial charge on any atom is -0.461 e. The molecule has 1 saturated heterocycles. The Morgan fingerprint density at radius 1 is 0.366 bits per heavy atom. The first-order chi connectivity index (χ1) is 37.8. The third-order valence-corrected chi connectivity index (χ3v) is 12.7. The minimum atomic E-state index is 0.0962. The van der Waals surface area contributed by atoms with Crippen molar-refractivity contribution in [2.75, 3.05) is 6.61 Å². The predicted molar refractivity (Wildman–Crippen MR) is 344 cm³/mol. The van der Waals surface area contributed by atoms with Gasteiger partial charge in [0.25, 0.3) is 0 Å². The fourth-order valence-electron chi connectivity index (χ4n) is 7.18. The highest BCUT2D eigenvalue weighted by Gasteiger charge is 2.28. The van der Waals surface area contributed by atoms with E-state index in [4.69, 9.17) is 9.15 Å². The molecule has 1 fully saturated rings. The number of nitrogens with zero attached hydrogens (tertiary/aromatic N) is 9. The van der Waals surface area contributed by atoms with Gasteiger partial charge in [0.05, 0.1) is 11.8 Å². The quantitative estimate of drug-likeness (QED) is 0.143. The standard InChI is InChI=1S/C12H14O.3C9H13N.3C8H12N2.C8H16O/c1-12(2,3)11-8-9-6-4-5-7-10(9)13-11;1-9(2,3)8-4-6-10-7-5-8;1-9(2,3)8-5-4-6-10-7-8;1-9(2,3)8-6-4-5-7-10-8;1-8(2,3)7-4-9-6-10-5-7;1-8(2,3)7-6-9-4-5-10-7;1-8(2,3)7-4-5-9-6-10-7;1-8(2,3)7-5-4-6-9-7/h4-8H,1-3H3;3*4-7H,1-3H3;3*4-6H,1-3H3;7H,4-6H2,1-3H3. The van der Waals surface area contributed by atoms with Crippen LogP contribution < -0.4 is 0 Å². The molecule has 1 aromatic carbocycles. The Bertz CT molecular complexity index is 2470. The predicted octanol–water partition coefficient (Wildman–Crippen LogP) is 18.4. The Kier molecular flexibility index (Phi) is 28.2. The van der Waals surface area contributed by atoms with Gasteiger partial charge in [-0.05, 0) is 99.7 Å². The van der Waals surface area contributed by atoms with Gasteiger partial charge in [-0.25, -0.2) is 19.9 Å². The highest BCUT2D eigenvalue weighted by Crippen LogP contribution is 2.31. The summed E-state index contributed by atoms with van der Waals surface area (Å²) in [5.74, 6) is 1.05. The molecule has 8 heterocycles. The zero-order chi connectivity index (χ0) is 62.1. The molecule has 0 amide bonds. The number of hydrogen-bond donors (Lipinski definition) is 0. The Morgan fingerprint density at radius 2 is 0.890 bits per heavy atom. The molecule has 0 N–H and O–H groups in total. The van der Waals surface area contributed by atoms with E-state index >= 15 is 0 Å². The van der Waals surface area contributed by atoms with Crippen molar-refractivity contribution in [2.45, 2.75) is 223 Å². The molecule has 0 spiro atoms. The number of aromatic nitrogens is 9. The van der Waals surface area contributed by atoms with E-state index in [-0.39, 0.29) is 37.9 Å². The summed E-state index contributed by atoms with van der Waals surface area (Å²) in [7, 11) is 0. The van der Waals surface area contributed by atoms with Gasteiger partial charge in [-0.1, -0.05) is 197 Å². The smallest absolute Gasteiger partial charge is 0.134 e. The fraction of sp³-hybridized carbons (Fsp3) is 0.507. The van der Waals surface area contributed by atoms with Gasteiger partial charge in [0.15, 0.2) is 0 Å². The summed E-state index contributed by atoms with van der Waals surface area (Å²) in [6.45, 7) is 53.0. The number of rotatable bonds is 0. The fourth-order valence-corrected chi connectivity index (χ4v) is 7.18. The van der Waals surface area contributed by atoms with Crippen LogP contribution in [0.4, 0.5) is 0 Å². The number of para-hydroxylation sites is 1. The molecule has 11 nitrogen and oxygen atoms in total. The van der Waals surface area contributed by atoms with Gasteiger partial charge in [-0.15, -0.1) is 0 Å². The van der Waals surface area contributed by atoms with E-state index in [0.717, 1.165) is 35.0 Å². The first kappa shape index (κ1) is 71.5. The minimum absolute atomic E-state index is 0.0962. The zero-order valence-corrected chi connectivity index (χ0v) is 55.1. The van der Waals surface area contributed by atoms with E-state index in [1.807, 2.05) is 79.6 Å². The van der Waals surface area contributed by atoms with Crippen LogP contribution in [0.2, 0.25) is 0 Å². The normalized spacial score (nSPS) is 13.5. The maximum Gasteiger partial charge on any atom is 0.134 e. The molecule has 0 bridgehead atoms. The van der Waals surface area contributed by atoms with Gasteiger partial charge >= 0.3 is 0 Å². The van der Waals surface area contributed by atoms with Crippen molar-refractivity contribution in [1.82, 2.24) is 44.9 Å². The average Bonchev–Trinajstić information content (AvgIpc) is 4.17. The Hall–Kier alpha value is -6.59. The molecule has 1 aliphatic heterocycles. The summed E-state index contributed by atoms with van der Waals surface area (Å²) in [4.78, 5) is 36.3. The third kappa shape index (κ3) is 28.9. The lowest BCUT2D eigenvalue weighted by molar-refractivity contribution is 0.0290. The van der Waals surface area contributed by atoms with Crippen molar-refractivity contribution >= 4 is 11.0 Å². The van der Waals surface area contributed by atoms with Crippen molar-refractivity contribution in [1.29, 1.82) is 0 Å². The molecule has 1 aliphatic rings. The highest BCUT2D eigenvalue weighted by atomic mass is 16.5. The molecular formula is C71H105N9O2. The van der Waals surface area contributed by atoms with Gasteiger partial charge < -0.3 is 9.15 Å². The van der Waals surface area contributed by atoms with Crippen LogP contribution in [-0.2, 0) is 42.6 Å². The first-order valence-corrected chi connectivity index (χ1v) is 28.9. The number of benzene rings is 1. The molecule has 0 radical (unpaired) electrons. The molecule has 8 aromatic rings. The van der Waals surface area contributed by atoms with Gasteiger partial charge in [0, 0.05) is 113 Å². The summed E-state index contributed by atoms with van der Waals surface area (Å²) in [5, 5.41) is 1.19. The van der Waals surface area contributed by atoms with Crippen LogP contribution in [0, 0.1) is 5.41 Å². The lowest BCUT2D eigenvalue weighted by Crippen LogP contribution is -2.24. The maximum atomic E-state index is 5.73. The van der Waals surface area contributed by atoms with Crippen molar-refractivity contribution in [3.05, 3.63) is 199 Å². The Labute approximate surface area is 497 Å². The van der Waals surface area contributed by atoms with Gasteiger partial charge in [-0.3, -0.25) is 24.9 Å². The number of fused-ring (bicyclic) bond motifs is 1. The van der Waals surface area contributed by atoms with Gasteiger partial charge in [0.2, 0.25) is 0 Å². The van der Waals surface area contributed by atoms with Crippen molar-refractivity contribution < 1.29 is 9.15 Å². The Morgan fingerprint density at radius 3 is 1.23 bits per heavy atom. The zero-order valence-electron chi connectivity index (χ0n) is 55.1. The molecule has 7 aromatic heterocycles. The van der Waals surface area contributed by atoms with E-state index in [0.29, 0.717) is 11.5 Å². The molecule has 0 aliphatic carbocycles. The van der Waals surface area contributed by atoms with E-state index < -0.39 is 0 Å². The molecule has 1 atom stereocenters. The van der Waals surface area contributed by atoms with Crippen LogP contribution in [0.15, 0.2) is 164 Å². The lowest BCUT2D eigenvalue weighted by atomic mass is 9.88. The summed E-state index contributed by atoms with van der Waals surface area (Å²) < 4.78 is 11.2. The molecule has 9 rings (SSSR count). The van der Waals surface area contributed by atoms with Crippen LogP contribution in [0.5, 0.6) is 0 Å². The second-order valence-corrected chi connectivity index (χ2v) is 28.8. The number of hydrogen-bond acceptors (Lipinski definition) is 11. The van der Waals surface area contributed by atoms with Crippen LogP contribution in [0.25, 0.3) is 11.0 Å². The summed E-state index contributed by atoms with van der Waals surface area (Å²) in [6.07, 6.45) is 26.1. The van der Waals surface area contributed by atoms with Gasteiger partial charge in [-0.2, -0.15) is 0 Å². The van der Waals surface area contributed by atoms with Crippen molar-refractivity contribution in [3.63, 3.8) is 0 Å². The van der Waals surface area contributed by atoms with Crippen molar-refractivity contribution in [2.24, 2.45) is 5.41 Å². The lowest BCUT2D eigenvalue weighted by Gasteiger charge is -2.25. The van der Waals surface area contributed by atoms with Crippen LogP contribution in [-0.4, -0.2) is 57.6 Å². The Balaban J connectivity index is 0.000000321. The SMILES string of the molecule is CC(C)(C)C1CCCO1.CC(C)(C)c1cc2ccccc2o1.CC(C)(C)c1ccccn1.CC(C)(C)c1cccnc1.CC(C)(C)c1ccncc1.CC(C)(C)c1ccncn1.CC(C)(C)c1cnccn1.CC(C)(C)c1cncnc1. The largest absolute Gasteiger partial charge is 0.461 e. The molecule has 0 saturated carbocycles. The highest BCUT2D eigenvalue weighted by molar-refractivity contribution is 5.77. The topological polar surface area (TPSA) is 138 Å². The van der Waals surface area contributed by atoms with E-state index in [1.165, 1.54) is 34.9 Å². The molecule has 11 heteroatoms. The summed E-state index contributed by atoms with van der Waals surface area (Å²) in [6, 6.07) is 26.4. The number of ether oxygens (including phenoxy) is 1. The summed E-state index contributed by atoms with van der Waals surface area (Å²) >= 11 is 0. The maximum absolute atomic E-state index is 5.73. The molecular weight excluding hydrogens is 1010 g/mol. The van der Waals surface area contributed by atoms with E-state index in [2.05, 4.69) is 247 Å². The first-order valence-electron chi connectivity index (χ1n) is 28.9. The van der Waals surface area contributed by atoms with E-state index in [1.54, 1.807) is 43.6 Å². The van der Waals surface area contributed by atoms with Crippen LogP contribution in [0.3, 0.4) is 0 Å². The average molecular weight is 1120 g/mol. The van der Waals surface area contributed by atoms with E-state index in [9.17, 15) is 0 Å². The van der Waals surface area contributed by atoms with Crippen molar-refractivity contribution in [3.8, 4) is 0 Å². The molecule has 1 unspecified atom stereocenters. The monoisotopic (exact) mass is 1120 g/mol.